The van der Waals surface area contributed by atoms with Crippen LogP contribution in [0.5, 0.6) is 5.75 Å². The van der Waals surface area contributed by atoms with Crippen molar-refractivity contribution in [2.45, 2.75) is 43.0 Å². The van der Waals surface area contributed by atoms with E-state index < -0.39 is 22.1 Å². The Balaban J connectivity index is 2.16. The Morgan fingerprint density at radius 3 is 2.14 bits per heavy atom. The number of benzene rings is 1. The second-order valence-electron chi connectivity index (χ2n) is 4.98. The Morgan fingerprint density at radius 1 is 1.14 bits per heavy atom. The Bertz CT molecular complexity index is 578. The van der Waals surface area contributed by atoms with Crippen LogP contribution in [0.15, 0.2) is 29.2 Å². The second kappa shape index (κ2) is 5.84. The SMILES string of the molecule is CN(C1CCCC1)S(=O)(=O)c1ccc(OC(F)(F)F)cc1. The van der Waals surface area contributed by atoms with Crippen molar-refractivity contribution in [3.8, 4) is 5.75 Å². The van der Waals surface area contributed by atoms with Crippen LogP contribution in [0.1, 0.15) is 25.7 Å². The molecule has 1 aromatic rings. The minimum Gasteiger partial charge on any atom is -0.406 e. The molecule has 4 nitrogen and oxygen atoms in total. The van der Waals surface area contributed by atoms with Gasteiger partial charge in [0.05, 0.1) is 4.90 Å². The van der Waals surface area contributed by atoms with Gasteiger partial charge in [0, 0.05) is 13.1 Å². The van der Waals surface area contributed by atoms with Crippen LogP contribution in [0.2, 0.25) is 0 Å². The van der Waals surface area contributed by atoms with Crippen molar-refractivity contribution < 1.29 is 26.3 Å². The summed E-state index contributed by atoms with van der Waals surface area (Å²) >= 11 is 0. The molecule has 0 N–H and O–H groups in total. The molecule has 0 unspecified atom stereocenters. The zero-order valence-corrected chi connectivity index (χ0v) is 12.2. The van der Waals surface area contributed by atoms with Crippen LogP contribution in [0.3, 0.4) is 0 Å². The zero-order valence-electron chi connectivity index (χ0n) is 11.4. The molecule has 8 heteroatoms. The van der Waals surface area contributed by atoms with Crippen LogP contribution in [-0.4, -0.2) is 32.2 Å². The van der Waals surface area contributed by atoms with Crippen LogP contribution in [0.4, 0.5) is 13.2 Å². The molecule has 0 radical (unpaired) electrons. The monoisotopic (exact) mass is 323 g/mol. The molecule has 1 saturated carbocycles. The number of alkyl halides is 3. The summed E-state index contributed by atoms with van der Waals surface area (Å²) in [4.78, 5) is -0.0357. The van der Waals surface area contributed by atoms with Crippen LogP contribution >= 0.6 is 0 Å². The third-order valence-electron chi connectivity index (χ3n) is 3.57. The highest BCUT2D eigenvalue weighted by Crippen LogP contribution is 2.29. The van der Waals surface area contributed by atoms with E-state index in [-0.39, 0.29) is 10.9 Å². The first-order valence-electron chi connectivity index (χ1n) is 6.54. The van der Waals surface area contributed by atoms with E-state index in [2.05, 4.69) is 4.74 Å². The Labute approximate surface area is 121 Å². The average Bonchev–Trinajstić information content (AvgIpc) is 2.90. The van der Waals surface area contributed by atoms with Gasteiger partial charge in [-0.15, -0.1) is 13.2 Å². The summed E-state index contributed by atoms with van der Waals surface area (Å²) in [6.07, 6.45) is -1.19. The van der Waals surface area contributed by atoms with Crippen molar-refractivity contribution in [2.75, 3.05) is 7.05 Å². The number of ether oxygens (including phenoxy) is 1. The fraction of sp³-hybridized carbons (Fsp3) is 0.538. The molecule has 0 spiro atoms. The predicted molar refractivity (Wildman–Crippen MR) is 70.3 cm³/mol. The van der Waals surface area contributed by atoms with Crippen molar-refractivity contribution in [2.24, 2.45) is 0 Å². The van der Waals surface area contributed by atoms with Crippen molar-refractivity contribution in [3.05, 3.63) is 24.3 Å². The van der Waals surface area contributed by atoms with E-state index in [1.54, 1.807) is 0 Å². The van der Waals surface area contributed by atoms with E-state index in [0.717, 1.165) is 49.9 Å². The Hall–Kier alpha value is -1.28. The first-order valence-corrected chi connectivity index (χ1v) is 7.98. The lowest BCUT2D eigenvalue weighted by atomic mass is 10.3. The van der Waals surface area contributed by atoms with Gasteiger partial charge in [-0.25, -0.2) is 8.42 Å². The third kappa shape index (κ3) is 3.88. The maximum Gasteiger partial charge on any atom is 0.573 e. The topological polar surface area (TPSA) is 46.6 Å². The predicted octanol–water partition coefficient (Wildman–Crippen LogP) is 3.15. The van der Waals surface area contributed by atoms with E-state index in [9.17, 15) is 21.6 Å². The van der Waals surface area contributed by atoms with Crippen molar-refractivity contribution in [1.82, 2.24) is 4.31 Å². The standard InChI is InChI=1S/C13H16F3NO3S/c1-17(10-4-2-3-5-10)21(18,19)12-8-6-11(7-9-12)20-13(14,15)16/h6-10H,2-5H2,1H3. The maximum atomic E-state index is 12.4. The minimum absolute atomic E-state index is 0.0357. The van der Waals surface area contributed by atoms with Crippen molar-refractivity contribution >= 4 is 10.0 Å². The molecular weight excluding hydrogens is 307 g/mol. The lowest BCUT2D eigenvalue weighted by Crippen LogP contribution is -2.35. The summed E-state index contributed by atoms with van der Waals surface area (Å²) < 4.78 is 66.0. The molecule has 0 aliphatic heterocycles. The first kappa shape index (κ1) is 16.1. The van der Waals surface area contributed by atoms with Crippen molar-refractivity contribution in [1.29, 1.82) is 0 Å². The molecule has 118 valence electrons. The van der Waals surface area contributed by atoms with Gasteiger partial charge in [-0.2, -0.15) is 4.31 Å². The van der Waals surface area contributed by atoms with Gasteiger partial charge in [0.1, 0.15) is 5.75 Å². The van der Waals surface area contributed by atoms with Gasteiger partial charge in [0.15, 0.2) is 0 Å². The van der Waals surface area contributed by atoms with Gasteiger partial charge in [0.25, 0.3) is 0 Å². The largest absolute Gasteiger partial charge is 0.573 e. The van der Waals surface area contributed by atoms with E-state index in [4.69, 9.17) is 0 Å². The summed E-state index contributed by atoms with van der Waals surface area (Å²) in [6.45, 7) is 0. The fourth-order valence-electron chi connectivity index (χ4n) is 2.44. The summed E-state index contributed by atoms with van der Waals surface area (Å²) in [5, 5.41) is 0. The average molecular weight is 323 g/mol. The highest BCUT2D eigenvalue weighted by atomic mass is 32.2. The third-order valence-corrected chi connectivity index (χ3v) is 5.50. The Kier molecular flexibility index (Phi) is 4.48. The van der Waals surface area contributed by atoms with Gasteiger partial charge >= 0.3 is 6.36 Å². The van der Waals surface area contributed by atoms with E-state index in [1.165, 1.54) is 11.4 Å². The van der Waals surface area contributed by atoms with E-state index in [1.807, 2.05) is 0 Å². The maximum absolute atomic E-state index is 12.4. The smallest absolute Gasteiger partial charge is 0.406 e. The van der Waals surface area contributed by atoms with Crippen LogP contribution in [-0.2, 0) is 10.0 Å². The number of nitrogens with zero attached hydrogens (tertiary/aromatic N) is 1. The van der Waals surface area contributed by atoms with Gasteiger partial charge in [-0.1, -0.05) is 12.8 Å². The molecule has 1 aliphatic carbocycles. The highest BCUT2D eigenvalue weighted by molar-refractivity contribution is 7.89. The number of hydrogen-bond donors (Lipinski definition) is 0. The number of rotatable bonds is 4. The molecule has 1 fully saturated rings. The van der Waals surface area contributed by atoms with Gasteiger partial charge < -0.3 is 4.74 Å². The lowest BCUT2D eigenvalue weighted by Gasteiger charge is -2.23. The molecule has 0 amide bonds. The zero-order chi connectivity index (χ0) is 15.7. The highest BCUT2D eigenvalue weighted by Gasteiger charge is 2.32. The number of sulfonamides is 1. The molecule has 1 aromatic carbocycles. The first-order chi connectivity index (χ1) is 9.70. The van der Waals surface area contributed by atoms with E-state index in [0.29, 0.717) is 0 Å². The summed E-state index contributed by atoms with van der Waals surface area (Å²) in [6, 6.07) is 4.22. The quantitative estimate of drug-likeness (QED) is 0.855. The van der Waals surface area contributed by atoms with E-state index >= 15 is 0 Å². The van der Waals surface area contributed by atoms with Gasteiger partial charge in [-0.3, -0.25) is 0 Å². The lowest BCUT2D eigenvalue weighted by molar-refractivity contribution is -0.274. The molecule has 0 saturated heterocycles. The van der Waals surface area contributed by atoms with Crippen LogP contribution < -0.4 is 4.74 Å². The van der Waals surface area contributed by atoms with Crippen molar-refractivity contribution in [3.63, 3.8) is 0 Å². The molecule has 21 heavy (non-hydrogen) atoms. The molecule has 0 heterocycles. The summed E-state index contributed by atoms with van der Waals surface area (Å²) in [5.41, 5.74) is 0. The molecule has 0 aromatic heterocycles. The summed E-state index contributed by atoms with van der Waals surface area (Å²) in [7, 11) is -2.18. The van der Waals surface area contributed by atoms with Gasteiger partial charge in [-0.05, 0) is 37.1 Å². The van der Waals surface area contributed by atoms with Gasteiger partial charge in [0.2, 0.25) is 10.0 Å². The molecule has 2 rings (SSSR count). The molecular formula is C13H16F3NO3S. The minimum atomic E-state index is -4.79. The fourth-order valence-corrected chi connectivity index (χ4v) is 3.86. The molecule has 0 atom stereocenters. The number of halogens is 3. The molecule has 0 bridgehead atoms. The Morgan fingerprint density at radius 2 is 1.67 bits per heavy atom. The summed E-state index contributed by atoms with van der Waals surface area (Å²) in [5.74, 6) is -0.440. The normalized spacial score (nSPS) is 17.4. The van der Waals surface area contributed by atoms with Crippen LogP contribution in [0, 0.1) is 0 Å². The second-order valence-corrected chi connectivity index (χ2v) is 6.98. The number of hydrogen-bond acceptors (Lipinski definition) is 3. The molecule has 1 aliphatic rings. The van der Waals surface area contributed by atoms with Crippen LogP contribution in [0.25, 0.3) is 0 Å².